The first-order valence-corrected chi connectivity index (χ1v) is 9.26. The van der Waals surface area contributed by atoms with E-state index in [2.05, 4.69) is 4.98 Å². The topological polar surface area (TPSA) is 61.8 Å². The second-order valence-electron chi connectivity index (χ2n) is 6.81. The highest BCUT2D eigenvalue weighted by Crippen LogP contribution is 2.32. The van der Waals surface area contributed by atoms with E-state index in [1.54, 1.807) is 30.3 Å². The van der Waals surface area contributed by atoms with Crippen molar-refractivity contribution in [2.24, 2.45) is 0 Å². The van der Waals surface area contributed by atoms with Crippen LogP contribution in [0.3, 0.4) is 0 Å². The molecule has 1 aliphatic heterocycles. The molecular formula is C20H15ClF3N3O2. The fourth-order valence-electron chi connectivity index (χ4n) is 3.78. The Morgan fingerprint density at radius 3 is 2.55 bits per heavy atom. The number of halogens is 4. The molecule has 1 aliphatic rings. The highest BCUT2D eigenvalue weighted by Gasteiger charge is 2.40. The van der Waals surface area contributed by atoms with Gasteiger partial charge in [-0.15, -0.1) is 0 Å². The van der Waals surface area contributed by atoms with Gasteiger partial charge in [0.25, 0.3) is 5.82 Å². The predicted molar refractivity (Wildman–Crippen MR) is 97.5 cm³/mol. The summed E-state index contributed by atoms with van der Waals surface area (Å²) in [4.78, 5) is 17.3. The van der Waals surface area contributed by atoms with Crippen molar-refractivity contribution in [3.8, 4) is 17.0 Å². The molecule has 0 amide bonds. The molecule has 5 nitrogen and oxygen atoms in total. The zero-order chi connectivity index (χ0) is 20.8. The molecule has 0 saturated heterocycles. The Labute approximate surface area is 168 Å². The molecule has 29 heavy (non-hydrogen) atoms. The fourth-order valence-corrected chi connectivity index (χ4v) is 3.89. The summed E-state index contributed by atoms with van der Waals surface area (Å²) in [6, 6.07) is 10.7. The molecule has 3 aromatic rings. The number of alkyl halides is 3. The number of rotatable bonds is 3. The molecule has 1 aromatic carbocycles. The monoisotopic (exact) mass is 421 g/mol. The van der Waals surface area contributed by atoms with Crippen molar-refractivity contribution >= 4 is 11.6 Å². The summed E-state index contributed by atoms with van der Waals surface area (Å²) in [6.07, 6.45) is -2.55. The lowest BCUT2D eigenvalue weighted by Crippen LogP contribution is -2.51. The quantitative estimate of drug-likeness (QED) is 0.482. The van der Waals surface area contributed by atoms with Gasteiger partial charge in [-0.05, 0) is 11.6 Å². The van der Waals surface area contributed by atoms with E-state index in [1.807, 2.05) is 0 Å². The van der Waals surface area contributed by atoms with Crippen LogP contribution in [0.4, 0.5) is 13.2 Å². The van der Waals surface area contributed by atoms with E-state index in [0.717, 1.165) is 0 Å². The van der Waals surface area contributed by atoms with Crippen molar-refractivity contribution in [1.29, 1.82) is 0 Å². The van der Waals surface area contributed by atoms with E-state index in [4.69, 9.17) is 11.6 Å². The maximum Gasteiger partial charge on any atom is 0.426 e. The second kappa shape index (κ2) is 7.18. The molecule has 0 bridgehead atoms. The summed E-state index contributed by atoms with van der Waals surface area (Å²) in [7, 11) is 0. The molecule has 0 spiro atoms. The van der Waals surface area contributed by atoms with Crippen molar-refractivity contribution in [3.63, 3.8) is 0 Å². The van der Waals surface area contributed by atoms with Crippen LogP contribution < -0.4 is 15.2 Å². The number of hydrogen-bond acceptors (Lipinski definition) is 3. The Bertz CT molecular complexity index is 1110. The molecule has 4 rings (SSSR count). The normalized spacial score (nSPS) is 16.1. The predicted octanol–water partition coefficient (Wildman–Crippen LogP) is 3.02. The van der Waals surface area contributed by atoms with Gasteiger partial charge in [-0.3, -0.25) is 0 Å². The van der Waals surface area contributed by atoms with Gasteiger partial charge >= 0.3 is 11.7 Å². The van der Waals surface area contributed by atoms with Gasteiger partial charge in [0.2, 0.25) is 0 Å². The van der Waals surface area contributed by atoms with Crippen molar-refractivity contribution in [2.75, 3.05) is 0 Å². The van der Waals surface area contributed by atoms with Crippen LogP contribution in [0.5, 0.6) is 5.88 Å². The van der Waals surface area contributed by atoms with E-state index < -0.39 is 30.2 Å². The van der Waals surface area contributed by atoms with E-state index in [1.165, 1.54) is 22.9 Å². The van der Waals surface area contributed by atoms with Crippen LogP contribution in [0.1, 0.15) is 23.9 Å². The van der Waals surface area contributed by atoms with E-state index in [9.17, 15) is 23.1 Å². The van der Waals surface area contributed by atoms with Crippen LogP contribution in [0.15, 0.2) is 53.5 Å². The molecule has 2 aromatic heterocycles. The van der Waals surface area contributed by atoms with Gasteiger partial charge in [0.05, 0.1) is 12.3 Å². The number of fused-ring (bicyclic) bond motifs is 1. The van der Waals surface area contributed by atoms with Crippen LogP contribution in [0.25, 0.3) is 11.1 Å². The highest BCUT2D eigenvalue weighted by molar-refractivity contribution is 6.29. The first kappa shape index (κ1) is 19.4. The molecule has 9 heteroatoms. The van der Waals surface area contributed by atoms with Crippen molar-refractivity contribution < 1.29 is 22.8 Å². The summed E-state index contributed by atoms with van der Waals surface area (Å²) in [5.74, 6) is -0.864. The lowest BCUT2D eigenvalue weighted by molar-refractivity contribution is -0.761. The van der Waals surface area contributed by atoms with Crippen molar-refractivity contribution in [2.45, 2.75) is 31.6 Å². The maximum absolute atomic E-state index is 13.3. The number of pyridine rings is 1. The standard InChI is InChI=1S/C20H15ClF3N3O2/c21-15-8-6-13(10-25-15)14-7-9-16-26(11-20(22,23)24)18(28)17(19(29)27(14)16)12-4-2-1-3-5-12/h1-6,8,10,14H,7,9,11H2. The Balaban J connectivity index is 1.98. The molecule has 150 valence electrons. The van der Waals surface area contributed by atoms with Crippen LogP contribution in [-0.4, -0.2) is 15.7 Å². The van der Waals surface area contributed by atoms with Gasteiger partial charge in [-0.2, -0.15) is 17.7 Å². The zero-order valence-electron chi connectivity index (χ0n) is 15.0. The van der Waals surface area contributed by atoms with Gasteiger partial charge in [0.15, 0.2) is 6.54 Å². The first-order chi connectivity index (χ1) is 13.8. The third kappa shape index (κ3) is 3.60. The molecule has 0 fully saturated rings. The minimum atomic E-state index is -4.60. The Morgan fingerprint density at radius 2 is 1.93 bits per heavy atom. The molecule has 1 unspecified atom stereocenters. The highest BCUT2D eigenvalue weighted by atomic mass is 35.5. The molecule has 0 saturated carbocycles. The molecule has 1 atom stereocenters. The molecule has 3 heterocycles. The Hall–Kier alpha value is -2.87. The first-order valence-electron chi connectivity index (χ1n) is 8.88. The summed E-state index contributed by atoms with van der Waals surface area (Å²) in [5.41, 5.74) is 0.0552. The van der Waals surface area contributed by atoms with Crippen LogP contribution in [-0.2, 0) is 13.0 Å². The Morgan fingerprint density at radius 1 is 1.21 bits per heavy atom. The molecular weight excluding hydrogens is 407 g/mol. The summed E-state index contributed by atoms with van der Waals surface area (Å²) in [6.45, 7) is -1.45. The van der Waals surface area contributed by atoms with Gasteiger partial charge in [-0.1, -0.05) is 48.0 Å². The van der Waals surface area contributed by atoms with E-state index in [-0.39, 0.29) is 28.5 Å². The zero-order valence-corrected chi connectivity index (χ0v) is 15.7. The third-order valence-corrected chi connectivity index (χ3v) is 5.19. The molecule has 0 aliphatic carbocycles. The SMILES string of the molecule is O=c1c(-c2ccccc2)c([O-])[n+](CC(F)(F)F)c2n1C(c1ccc(Cl)nc1)CC2. The van der Waals surface area contributed by atoms with E-state index in [0.29, 0.717) is 16.6 Å². The molecule has 0 radical (unpaired) electrons. The summed E-state index contributed by atoms with van der Waals surface area (Å²) in [5, 5.41) is 13.2. The average molecular weight is 422 g/mol. The molecule has 0 N–H and O–H groups in total. The largest absolute Gasteiger partial charge is 0.842 e. The van der Waals surface area contributed by atoms with Gasteiger partial charge < -0.3 is 5.11 Å². The van der Waals surface area contributed by atoms with E-state index >= 15 is 0 Å². The second-order valence-corrected chi connectivity index (χ2v) is 7.19. The minimum Gasteiger partial charge on any atom is -0.842 e. The van der Waals surface area contributed by atoms with Gasteiger partial charge in [-0.25, -0.2) is 14.3 Å². The van der Waals surface area contributed by atoms with Crippen molar-refractivity contribution in [1.82, 2.24) is 9.55 Å². The maximum atomic E-state index is 13.3. The third-order valence-electron chi connectivity index (χ3n) is 4.97. The smallest absolute Gasteiger partial charge is 0.426 e. The number of nitrogens with zero attached hydrogens (tertiary/aromatic N) is 3. The van der Waals surface area contributed by atoms with Crippen molar-refractivity contribution in [3.05, 3.63) is 75.6 Å². The summed E-state index contributed by atoms with van der Waals surface area (Å²) >= 11 is 5.82. The lowest BCUT2D eigenvalue weighted by atomic mass is 10.1. The number of benzene rings is 1. The lowest BCUT2D eigenvalue weighted by Gasteiger charge is -2.20. The Kier molecular flexibility index (Phi) is 4.82. The average Bonchev–Trinajstić information content (AvgIpc) is 3.11. The van der Waals surface area contributed by atoms with Crippen LogP contribution >= 0.6 is 11.6 Å². The minimum absolute atomic E-state index is 0.0666. The number of aromatic nitrogens is 3. The number of hydrogen-bond donors (Lipinski definition) is 0. The summed E-state index contributed by atoms with van der Waals surface area (Å²) < 4.78 is 41.6. The van der Waals surface area contributed by atoms with Gasteiger partial charge in [0, 0.05) is 18.2 Å². The van der Waals surface area contributed by atoms with Gasteiger partial charge in [0.1, 0.15) is 16.8 Å². The van der Waals surface area contributed by atoms with Crippen LogP contribution in [0, 0.1) is 0 Å². The fraction of sp³-hybridized carbons (Fsp3) is 0.250. The van der Waals surface area contributed by atoms with Crippen LogP contribution in [0.2, 0.25) is 5.15 Å².